The molecule has 5 heteroatoms. The van der Waals surface area contributed by atoms with Gasteiger partial charge in [-0.2, -0.15) is 0 Å². The molecule has 0 saturated carbocycles. The van der Waals surface area contributed by atoms with Gasteiger partial charge in [0.25, 0.3) is 0 Å². The van der Waals surface area contributed by atoms with Gasteiger partial charge in [-0.15, -0.1) is 0 Å². The van der Waals surface area contributed by atoms with Crippen molar-refractivity contribution in [3.8, 4) is 0 Å². The van der Waals surface area contributed by atoms with E-state index in [1.165, 1.54) is 60.9 Å². The van der Waals surface area contributed by atoms with Crippen molar-refractivity contribution >= 4 is 23.3 Å². The molecule has 0 aliphatic carbocycles. The molecule has 1 aliphatic heterocycles. The second-order valence-corrected chi connectivity index (χ2v) is 9.05. The summed E-state index contributed by atoms with van der Waals surface area (Å²) < 4.78 is 20.4. The maximum Gasteiger partial charge on any atom is 0.190 e. The fourth-order valence-corrected chi connectivity index (χ4v) is 5.69. The first-order valence-corrected chi connectivity index (χ1v) is 11.1. The van der Waals surface area contributed by atoms with Crippen molar-refractivity contribution in [2.24, 2.45) is 11.8 Å². The summed E-state index contributed by atoms with van der Waals surface area (Å²) in [5, 5.41) is 0. The van der Waals surface area contributed by atoms with Gasteiger partial charge >= 0.3 is 0 Å². The molecule has 1 aromatic carbocycles. The van der Waals surface area contributed by atoms with Gasteiger partial charge < -0.3 is 9.29 Å². The number of ether oxygens (including phenoxy) is 1. The van der Waals surface area contributed by atoms with Crippen LogP contribution in [0.2, 0.25) is 0 Å². The molecule has 1 N–H and O–H groups in total. The number of unbranched alkanes of at least 4 members (excludes halogenated alkanes) is 4. The van der Waals surface area contributed by atoms with Crippen molar-refractivity contribution in [3.63, 3.8) is 0 Å². The molecular weight excluding hydrogens is 338 g/mol. The summed E-state index contributed by atoms with van der Waals surface area (Å²) in [6.45, 7) is 5.37. The zero-order valence-corrected chi connectivity index (χ0v) is 16.8. The van der Waals surface area contributed by atoms with Crippen LogP contribution in [0.4, 0.5) is 0 Å². The van der Waals surface area contributed by atoms with Gasteiger partial charge in [0.2, 0.25) is 0 Å². The second-order valence-electron chi connectivity index (χ2n) is 6.80. The van der Waals surface area contributed by atoms with Crippen molar-refractivity contribution in [1.82, 2.24) is 4.13 Å². The van der Waals surface area contributed by atoms with Crippen molar-refractivity contribution in [1.29, 1.82) is 0 Å². The number of methoxy groups -OCH3 is 1. The van der Waals surface area contributed by atoms with E-state index in [0.29, 0.717) is 11.8 Å². The molecule has 0 bridgehead atoms. The Morgan fingerprint density at radius 3 is 2.79 bits per heavy atom. The maximum atomic E-state index is 12.0. The third-order valence-electron chi connectivity index (χ3n) is 4.87. The standard InChI is InChI=1S/C19H31NO2S2/c1-4-5-6-7-8-10-16(15(2)14-22-3)13-17-11-9-12-18-19(17)23-20-24(18)21/h9,11-12,15-16,20H,4-8,10,13-14H2,1-3H3. The van der Waals surface area contributed by atoms with Crippen LogP contribution in [-0.2, 0) is 22.5 Å². The first kappa shape index (κ1) is 20.1. The molecule has 3 unspecified atom stereocenters. The van der Waals surface area contributed by atoms with Gasteiger partial charge in [-0.1, -0.05) is 62.2 Å². The predicted octanol–water partition coefficient (Wildman–Crippen LogP) is 5.12. The van der Waals surface area contributed by atoms with Gasteiger partial charge in [-0.3, -0.25) is 0 Å². The zero-order chi connectivity index (χ0) is 17.4. The lowest BCUT2D eigenvalue weighted by molar-refractivity contribution is 0.124. The molecule has 3 nitrogen and oxygen atoms in total. The summed E-state index contributed by atoms with van der Waals surface area (Å²) >= 11 is 0.465. The van der Waals surface area contributed by atoms with Gasteiger partial charge in [0.1, 0.15) is 0 Å². The predicted molar refractivity (Wildman–Crippen MR) is 103 cm³/mol. The largest absolute Gasteiger partial charge is 0.592 e. The quantitative estimate of drug-likeness (QED) is 0.334. The van der Waals surface area contributed by atoms with E-state index >= 15 is 0 Å². The molecule has 1 heterocycles. The third-order valence-corrected chi connectivity index (χ3v) is 7.37. The summed E-state index contributed by atoms with van der Waals surface area (Å²) in [4.78, 5) is 2.12. The van der Waals surface area contributed by atoms with Gasteiger partial charge in [0.05, 0.1) is 16.3 Å². The molecule has 1 aromatic rings. The molecule has 2 rings (SSSR count). The molecular formula is C19H31NO2S2. The number of hydrogen-bond acceptors (Lipinski definition) is 4. The van der Waals surface area contributed by atoms with Crippen molar-refractivity contribution in [3.05, 3.63) is 23.8 Å². The molecule has 3 atom stereocenters. The van der Waals surface area contributed by atoms with E-state index in [-0.39, 0.29) is 0 Å². The summed E-state index contributed by atoms with van der Waals surface area (Å²) in [6, 6.07) is 6.21. The van der Waals surface area contributed by atoms with Crippen LogP contribution in [0.5, 0.6) is 0 Å². The molecule has 0 saturated heterocycles. The normalized spacial score (nSPS) is 19.2. The highest BCUT2D eigenvalue weighted by atomic mass is 32.3. The summed E-state index contributed by atoms with van der Waals surface area (Å²) in [7, 11) is 1.79. The smallest absolute Gasteiger partial charge is 0.190 e. The van der Waals surface area contributed by atoms with Crippen LogP contribution >= 0.6 is 11.9 Å². The van der Waals surface area contributed by atoms with E-state index in [2.05, 4.69) is 24.0 Å². The fraction of sp³-hybridized carbons (Fsp3) is 0.684. The number of fused-ring (bicyclic) bond motifs is 1. The Labute approximate surface area is 154 Å². The maximum absolute atomic E-state index is 12.0. The highest BCUT2D eigenvalue weighted by Gasteiger charge is 2.29. The third kappa shape index (κ3) is 5.67. The molecule has 0 spiro atoms. The Hall–Kier alpha value is -0.200. The van der Waals surface area contributed by atoms with E-state index in [4.69, 9.17) is 4.74 Å². The molecule has 24 heavy (non-hydrogen) atoms. The van der Waals surface area contributed by atoms with Gasteiger partial charge in [-0.05, 0) is 36.3 Å². The Bertz CT molecular complexity index is 498. The van der Waals surface area contributed by atoms with Gasteiger partial charge in [0.15, 0.2) is 4.90 Å². The highest BCUT2D eigenvalue weighted by molar-refractivity contribution is 8.11. The molecule has 0 aromatic heterocycles. The number of rotatable bonds is 11. The highest BCUT2D eigenvalue weighted by Crippen LogP contribution is 2.37. The zero-order valence-electron chi connectivity index (χ0n) is 15.2. The average Bonchev–Trinajstić information content (AvgIpc) is 2.96. The fourth-order valence-electron chi connectivity index (χ4n) is 3.39. The molecule has 136 valence electrons. The van der Waals surface area contributed by atoms with Gasteiger partial charge in [-0.25, -0.2) is 0 Å². The Morgan fingerprint density at radius 1 is 1.25 bits per heavy atom. The lowest BCUT2D eigenvalue weighted by atomic mass is 9.84. The number of benzene rings is 1. The van der Waals surface area contributed by atoms with E-state index in [1.807, 2.05) is 12.1 Å². The Kier molecular flexibility index (Phi) is 8.98. The Balaban J connectivity index is 2.00. The van der Waals surface area contributed by atoms with E-state index < -0.39 is 11.4 Å². The summed E-state index contributed by atoms with van der Waals surface area (Å²) in [6.07, 6.45) is 8.91. The van der Waals surface area contributed by atoms with Crippen molar-refractivity contribution < 1.29 is 9.29 Å². The number of hydrogen-bond donors (Lipinski definition) is 1. The first-order chi connectivity index (χ1) is 11.7. The topological polar surface area (TPSA) is 44.3 Å². The van der Waals surface area contributed by atoms with Crippen LogP contribution in [0, 0.1) is 11.8 Å². The van der Waals surface area contributed by atoms with E-state index in [9.17, 15) is 4.55 Å². The van der Waals surface area contributed by atoms with E-state index in [1.54, 1.807) is 7.11 Å². The minimum atomic E-state index is -1.06. The van der Waals surface area contributed by atoms with Crippen LogP contribution in [0.15, 0.2) is 28.0 Å². The van der Waals surface area contributed by atoms with Crippen LogP contribution in [-0.4, -0.2) is 18.3 Å². The van der Waals surface area contributed by atoms with Crippen LogP contribution in [0.1, 0.15) is 57.9 Å². The van der Waals surface area contributed by atoms with Gasteiger partial charge in [0, 0.05) is 25.7 Å². The monoisotopic (exact) mass is 369 g/mol. The van der Waals surface area contributed by atoms with Crippen molar-refractivity contribution in [2.45, 2.75) is 68.6 Å². The molecule has 0 radical (unpaired) electrons. The average molecular weight is 370 g/mol. The second kappa shape index (κ2) is 10.7. The molecule has 1 aliphatic rings. The number of nitrogens with one attached hydrogen (secondary N) is 1. The minimum Gasteiger partial charge on any atom is -0.592 e. The lowest BCUT2D eigenvalue weighted by Crippen LogP contribution is -2.19. The lowest BCUT2D eigenvalue weighted by Gasteiger charge is -2.24. The Morgan fingerprint density at radius 2 is 2.04 bits per heavy atom. The van der Waals surface area contributed by atoms with Crippen LogP contribution in [0.25, 0.3) is 0 Å². The van der Waals surface area contributed by atoms with Crippen LogP contribution in [0.3, 0.4) is 0 Å². The SMILES string of the molecule is CCCCCCCC(Cc1cccc2c1SN[S+]2[O-])C(C)COC. The molecule has 0 amide bonds. The summed E-state index contributed by atoms with van der Waals surface area (Å²) in [5.74, 6) is 1.16. The van der Waals surface area contributed by atoms with Crippen LogP contribution < -0.4 is 4.13 Å². The minimum absolute atomic E-state index is 0.543. The molecule has 0 fully saturated rings. The first-order valence-electron chi connectivity index (χ1n) is 9.12. The van der Waals surface area contributed by atoms with Crippen molar-refractivity contribution in [2.75, 3.05) is 13.7 Å². The van der Waals surface area contributed by atoms with E-state index in [0.717, 1.165) is 17.9 Å². The summed E-state index contributed by atoms with van der Waals surface area (Å²) in [5.41, 5.74) is 1.33.